The van der Waals surface area contributed by atoms with Gasteiger partial charge in [-0.1, -0.05) is 88.7 Å². The number of nitro benzene ring substituents is 1. The van der Waals surface area contributed by atoms with Gasteiger partial charge in [0, 0.05) is 32.8 Å². The first-order valence-electron chi connectivity index (χ1n) is 14.7. The Morgan fingerprint density at radius 1 is 0.812 bits per heavy atom. The summed E-state index contributed by atoms with van der Waals surface area (Å²) in [6.07, 6.45) is 1.59. The Morgan fingerprint density at radius 2 is 1.50 bits per heavy atom. The molecule has 5 aromatic rings. The lowest BCUT2D eigenvalue weighted by molar-refractivity contribution is -0.384. The number of thioether (sulfide) groups is 1. The fourth-order valence-corrected chi connectivity index (χ4v) is 5.95. The van der Waals surface area contributed by atoms with Gasteiger partial charge in [0.15, 0.2) is 0 Å². The van der Waals surface area contributed by atoms with Crippen molar-refractivity contribution >= 4 is 68.6 Å². The lowest BCUT2D eigenvalue weighted by atomic mass is 10.1. The Morgan fingerprint density at radius 3 is 2.19 bits per heavy atom. The van der Waals surface area contributed by atoms with Crippen LogP contribution in [0, 0.1) is 17.0 Å². The predicted octanol–water partition coefficient (Wildman–Crippen LogP) is 8.55. The maximum atomic E-state index is 13.7. The van der Waals surface area contributed by atoms with E-state index >= 15 is 0 Å². The molecule has 11 heteroatoms. The van der Waals surface area contributed by atoms with Crippen molar-refractivity contribution in [2.24, 2.45) is 0 Å². The van der Waals surface area contributed by atoms with E-state index in [0.717, 1.165) is 10.0 Å². The van der Waals surface area contributed by atoms with E-state index in [-0.39, 0.29) is 17.3 Å². The van der Waals surface area contributed by atoms with Gasteiger partial charge < -0.3 is 16.0 Å². The molecule has 0 heterocycles. The average molecular weight is 722 g/mol. The van der Waals surface area contributed by atoms with Crippen molar-refractivity contribution in [3.63, 3.8) is 0 Å². The fourth-order valence-electron chi connectivity index (χ4n) is 4.61. The zero-order valence-electron chi connectivity index (χ0n) is 25.6. The topological polar surface area (TPSA) is 130 Å². The maximum Gasteiger partial charge on any atom is 0.272 e. The number of carbonyl (C=O) groups is 3. The van der Waals surface area contributed by atoms with Gasteiger partial charge in [0.2, 0.25) is 5.91 Å². The van der Waals surface area contributed by atoms with Crippen LogP contribution in [0.5, 0.6) is 0 Å². The summed E-state index contributed by atoms with van der Waals surface area (Å²) in [5.74, 6) is -1.34. The average Bonchev–Trinajstić information content (AvgIpc) is 3.09. The molecule has 240 valence electrons. The van der Waals surface area contributed by atoms with E-state index in [1.54, 1.807) is 67.6 Å². The van der Waals surface area contributed by atoms with E-state index in [1.165, 1.54) is 23.9 Å². The summed E-state index contributed by atoms with van der Waals surface area (Å²) >= 11 is 4.67. The quantitative estimate of drug-likeness (QED) is 0.0543. The molecule has 0 bridgehead atoms. The number of carbonyl (C=O) groups excluding carboxylic acids is 3. The van der Waals surface area contributed by atoms with Crippen LogP contribution < -0.4 is 16.0 Å². The number of halogens is 1. The second-order valence-electron chi connectivity index (χ2n) is 10.6. The highest BCUT2D eigenvalue weighted by Gasteiger charge is 2.24. The van der Waals surface area contributed by atoms with E-state index in [4.69, 9.17) is 0 Å². The summed E-state index contributed by atoms with van der Waals surface area (Å²) in [4.78, 5) is 51.8. The van der Waals surface area contributed by atoms with E-state index in [1.807, 2.05) is 60.7 Å². The van der Waals surface area contributed by atoms with Gasteiger partial charge in [0.05, 0.1) is 10.6 Å². The molecule has 0 aliphatic carbocycles. The number of aryl methyl sites for hydroxylation is 1. The van der Waals surface area contributed by atoms with Crippen LogP contribution in [0.25, 0.3) is 6.08 Å². The van der Waals surface area contributed by atoms with Crippen molar-refractivity contribution in [2.75, 3.05) is 10.6 Å². The Labute approximate surface area is 289 Å². The molecule has 0 radical (unpaired) electrons. The molecule has 48 heavy (non-hydrogen) atoms. The summed E-state index contributed by atoms with van der Waals surface area (Å²) in [5, 5.41) is 19.1. The smallest absolute Gasteiger partial charge is 0.272 e. The highest BCUT2D eigenvalue weighted by atomic mass is 79.9. The number of hydrogen-bond acceptors (Lipinski definition) is 6. The number of anilines is 2. The third kappa shape index (κ3) is 9.05. The predicted molar refractivity (Wildman–Crippen MR) is 193 cm³/mol. The molecule has 0 aliphatic heterocycles. The van der Waals surface area contributed by atoms with Crippen LogP contribution in [0.15, 0.2) is 142 Å². The van der Waals surface area contributed by atoms with Crippen LogP contribution in [-0.4, -0.2) is 22.6 Å². The minimum atomic E-state index is -0.728. The molecule has 0 fully saturated rings. The van der Waals surface area contributed by atoms with Crippen LogP contribution in [0.3, 0.4) is 0 Å². The van der Waals surface area contributed by atoms with Gasteiger partial charge in [-0.2, -0.15) is 0 Å². The van der Waals surface area contributed by atoms with Crippen molar-refractivity contribution in [1.29, 1.82) is 0 Å². The normalized spacial score (nSPS) is 11.7. The second-order valence-corrected chi connectivity index (χ2v) is 12.7. The van der Waals surface area contributed by atoms with Crippen molar-refractivity contribution in [1.82, 2.24) is 5.32 Å². The molecule has 0 aliphatic rings. The van der Waals surface area contributed by atoms with Crippen LogP contribution >= 0.6 is 27.7 Å². The minimum absolute atomic E-state index is 0.0399. The highest BCUT2D eigenvalue weighted by Crippen LogP contribution is 2.38. The Bertz CT molecular complexity index is 1990. The summed E-state index contributed by atoms with van der Waals surface area (Å²) in [5.41, 5.74) is 3.21. The lowest BCUT2D eigenvalue weighted by Gasteiger charge is -2.18. The number of amides is 3. The van der Waals surface area contributed by atoms with E-state index in [0.29, 0.717) is 33.0 Å². The zero-order chi connectivity index (χ0) is 34.0. The van der Waals surface area contributed by atoms with Gasteiger partial charge in [-0.25, -0.2) is 0 Å². The van der Waals surface area contributed by atoms with Gasteiger partial charge in [0.25, 0.3) is 17.5 Å². The van der Waals surface area contributed by atoms with Crippen LogP contribution in [0.2, 0.25) is 0 Å². The van der Waals surface area contributed by atoms with Crippen molar-refractivity contribution < 1.29 is 19.3 Å². The maximum absolute atomic E-state index is 13.7. The van der Waals surface area contributed by atoms with Gasteiger partial charge in [-0.15, -0.1) is 11.8 Å². The summed E-state index contributed by atoms with van der Waals surface area (Å²) in [6.45, 7) is 1.76. The van der Waals surface area contributed by atoms with Crippen LogP contribution in [0.1, 0.15) is 32.3 Å². The standard InChI is InChI=1S/C37H29BrN4O5S/c1-24-15-20-30(42(46)47)23-32(24)40-37(45)34(26-9-4-2-5-10-26)48-31-14-8-13-29(22-31)39-36(44)33(21-25-16-18-28(38)19-17-25)41-35(43)27-11-6-3-7-12-27/h2-23,34H,1H3,(H,39,44)(H,40,45)(H,41,43)/b33-21-. The SMILES string of the molecule is Cc1ccc([N+](=O)[O-])cc1NC(=O)C(Sc1cccc(NC(=O)/C(=C/c2ccc(Br)cc2)NC(=O)c2ccccc2)c1)c1ccccc1. The van der Waals surface area contributed by atoms with E-state index in [2.05, 4.69) is 31.9 Å². The molecule has 1 unspecified atom stereocenters. The number of hydrogen-bond donors (Lipinski definition) is 3. The third-order valence-electron chi connectivity index (χ3n) is 7.09. The lowest BCUT2D eigenvalue weighted by Crippen LogP contribution is -2.30. The Kier molecular flexibility index (Phi) is 11.2. The largest absolute Gasteiger partial charge is 0.324 e. The molecule has 3 N–H and O–H groups in total. The van der Waals surface area contributed by atoms with Gasteiger partial charge >= 0.3 is 0 Å². The molecule has 9 nitrogen and oxygen atoms in total. The van der Waals surface area contributed by atoms with Crippen LogP contribution in [-0.2, 0) is 9.59 Å². The number of benzene rings is 5. The van der Waals surface area contributed by atoms with Gasteiger partial charge in [0.1, 0.15) is 10.9 Å². The zero-order valence-corrected chi connectivity index (χ0v) is 28.0. The molecule has 5 rings (SSSR count). The first kappa shape index (κ1) is 33.8. The first-order valence-corrected chi connectivity index (χ1v) is 16.4. The van der Waals surface area contributed by atoms with Gasteiger partial charge in [-0.3, -0.25) is 24.5 Å². The molecule has 0 spiro atoms. The summed E-state index contributed by atoms with van der Waals surface area (Å²) in [6, 6.07) is 36.4. The number of rotatable bonds is 11. The molecule has 1 atom stereocenters. The third-order valence-corrected chi connectivity index (χ3v) is 8.86. The summed E-state index contributed by atoms with van der Waals surface area (Å²) < 4.78 is 0.871. The molecular formula is C37H29BrN4O5S. The fraction of sp³-hybridized carbons (Fsp3) is 0.0541. The molecule has 3 amide bonds. The van der Waals surface area contributed by atoms with Crippen molar-refractivity contribution in [3.05, 3.63) is 170 Å². The minimum Gasteiger partial charge on any atom is -0.324 e. The summed E-state index contributed by atoms with van der Waals surface area (Å²) in [7, 11) is 0. The number of nitrogens with one attached hydrogen (secondary N) is 3. The van der Waals surface area contributed by atoms with Crippen molar-refractivity contribution in [2.45, 2.75) is 17.1 Å². The molecule has 0 saturated heterocycles. The first-order chi connectivity index (χ1) is 23.2. The van der Waals surface area contributed by atoms with E-state index in [9.17, 15) is 24.5 Å². The monoisotopic (exact) mass is 720 g/mol. The Hall–Kier alpha value is -5.52. The Balaban J connectivity index is 1.38. The molecule has 0 aromatic heterocycles. The molecule has 0 saturated carbocycles. The number of nitro groups is 1. The number of nitrogens with zero attached hydrogens (tertiary/aromatic N) is 1. The van der Waals surface area contributed by atoms with Crippen LogP contribution in [0.4, 0.5) is 17.1 Å². The molecular weight excluding hydrogens is 692 g/mol. The highest BCUT2D eigenvalue weighted by molar-refractivity contribution is 9.10. The number of non-ortho nitro benzene ring substituents is 1. The second kappa shape index (κ2) is 15.9. The van der Waals surface area contributed by atoms with Gasteiger partial charge in [-0.05, 0) is 72.2 Å². The van der Waals surface area contributed by atoms with E-state index < -0.39 is 22.0 Å². The molecule has 5 aromatic carbocycles. The van der Waals surface area contributed by atoms with Crippen molar-refractivity contribution in [3.8, 4) is 0 Å².